The van der Waals surface area contributed by atoms with Crippen LogP contribution < -0.4 is 10.6 Å². The van der Waals surface area contributed by atoms with Gasteiger partial charge >= 0.3 is 0 Å². The number of hydrogen-bond acceptors (Lipinski definition) is 6. The minimum atomic E-state index is -1.11. The molecule has 160 valence electrons. The van der Waals surface area contributed by atoms with Crippen molar-refractivity contribution in [2.45, 2.75) is 83.7 Å². The smallest absolute Gasteiger partial charge is 0.252 e. The van der Waals surface area contributed by atoms with Gasteiger partial charge < -0.3 is 30.0 Å². The zero-order chi connectivity index (χ0) is 21.1. The van der Waals surface area contributed by atoms with Crippen LogP contribution in [0.4, 0.5) is 0 Å². The van der Waals surface area contributed by atoms with Crippen LogP contribution in [0.2, 0.25) is 0 Å². The zero-order valence-corrected chi connectivity index (χ0v) is 17.7. The molecule has 0 radical (unpaired) electrons. The summed E-state index contributed by atoms with van der Waals surface area (Å²) in [6.07, 6.45) is 1.30. The summed E-state index contributed by atoms with van der Waals surface area (Å²) in [5.74, 6) is -1.73. The van der Waals surface area contributed by atoms with Gasteiger partial charge in [-0.25, -0.2) is 0 Å². The van der Waals surface area contributed by atoms with Crippen LogP contribution >= 0.6 is 0 Å². The molecule has 2 heterocycles. The van der Waals surface area contributed by atoms with Crippen LogP contribution in [0, 0.1) is 5.41 Å². The van der Waals surface area contributed by atoms with E-state index < -0.39 is 42.2 Å². The number of ether oxygens (including phenoxy) is 3. The highest BCUT2D eigenvalue weighted by molar-refractivity contribution is 5.90. The van der Waals surface area contributed by atoms with Crippen molar-refractivity contribution in [3.8, 4) is 0 Å². The summed E-state index contributed by atoms with van der Waals surface area (Å²) in [5.41, 5.74) is -0.0899. The molecule has 2 aliphatic heterocycles. The molecular weight excluding hydrogens is 364 g/mol. The van der Waals surface area contributed by atoms with Gasteiger partial charge in [0.15, 0.2) is 11.9 Å². The number of carbonyl (C=O) groups excluding carboxylic acids is 2. The number of allylic oxidation sites excluding steroid dienone is 1. The Labute approximate surface area is 167 Å². The fraction of sp³-hybridized carbons (Fsp3) is 0.800. The van der Waals surface area contributed by atoms with Crippen LogP contribution in [0.25, 0.3) is 0 Å². The van der Waals surface area contributed by atoms with E-state index in [9.17, 15) is 14.7 Å². The summed E-state index contributed by atoms with van der Waals surface area (Å²) in [6, 6.07) is -0.611. The molecule has 8 heteroatoms. The van der Waals surface area contributed by atoms with Gasteiger partial charge in [0.1, 0.15) is 24.4 Å². The molecule has 0 aliphatic carbocycles. The Balaban J connectivity index is 2.16. The number of carbonyl (C=O) groups is 2. The molecule has 0 saturated carbocycles. The van der Waals surface area contributed by atoms with Gasteiger partial charge in [-0.2, -0.15) is 0 Å². The van der Waals surface area contributed by atoms with Gasteiger partial charge in [-0.1, -0.05) is 32.9 Å². The summed E-state index contributed by atoms with van der Waals surface area (Å²) < 4.78 is 17.1. The number of aliphatic hydroxyl groups is 1. The first-order valence-corrected chi connectivity index (χ1v) is 9.77. The Morgan fingerprint density at radius 1 is 1.39 bits per heavy atom. The standard InChI is InChI=1S/C20H34N2O6/c1-19(2,3)10-9-13-14(23)15(28-20(4,5)27-13)16(26-6)18(25)22-12-8-7-11-21-17(12)24/h9-10,12-16,23H,7-8,11H2,1-6H3,(H,21,24)(H,22,25)/t12?,13-,14-,15-,16-/m1/s1. The Morgan fingerprint density at radius 2 is 2.07 bits per heavy atom. The SMILES string of the molecule is CO[C@@H](C(=O)NC1CCCNC1=O)[C@@H]1OC(C)(C)O[C@H](C=CC(C)(C)C)[C@H]1O. The third kappa shape index (κ3) is 6.01. The van der Waals surface area contributed by atoms with Crippen molar-refractivity contribution in [1.29, 1.82) is 0 Å². The fourth-order valence-corrected chi connectivity index (χ4v) is 3.34. The molecule has 1 unspecified atom stereocenters. The van der Waals surface area contributed by atoms with Gasteiger partial charge in [0.2, 0.25) is 5.91 Å². The second-order valence-corrected chi connectivity index (χ2v) is 8.93. The zero-order valence-electron chi connectivity index (χ0n) is 17.7. The van der Waals surface area contributed by atoms with Crippen molar-refractivity contribution < 1.29 is 28.9 Å². The molecule has 5 atom stereocenters. The number of aliphatic hydroxyl groups excluding tert-OH is 1. The second kappa shape index (κ2) is 8.90. The lowest BCUT2D eigenvalue weighted by Crippen LogP contribution is -2.62. The Hall–Kier alpha value is -1.48. The fourth-order valence-electron chi connectivity index (χ4n) is 3.34. The minimum Gasteiger partial charge on any atom is -0.387 e. The Morgan fingerprint density at radius 3 is 2.64 bits per heavy atom. The predicted octanol–water partition coefficient (Wildman–Crippen LogP) is 0.880. The molecule has 2 aliphatic rings. The first kappa shape index (κ1) is 22.8. The molecule has 0 aromatic rings. The number of piperidine rings is 1. The van der Waals surface area contributed by atoms with Crippen molar-refractivity contribution in [3.05, 3.63) is 12.2 Å². The molecule has 2 rings (SSSR count). The lowest BCUT2D eigenvalue weighted by molar-refractivity contribution is -0.334. The normalized spacial score (nSPS) is 32.0. The van der Waals surface area contributed by atoms with Crippen molar-refractivity contribution in [3.63, 3.8) is 0 Å². The highest BCUT2D eigenvalue weighted by atomic mass is 16.7. The molecule has 0 aromatic carbocycles. The van der Waals surface area contributed by atoms with E-state index in [0.29, 0.717) is 13.0 Å². The van der Waals surface area contributed by atoms with E-state index in [0.717, 1.165) is 6.42 Å². The molecule has 2 amide bonds. The van der Waals surface area contributed by atoms with Crippen molar-refractivity contribution >= 4 is 11.8 Å². The molecule has 2 saturated heterocycles. The maximum atomic E-state index is 12.8. The van der Waals surface area contributed by atoms with Crippen LogP contribution in [0.5, 0.6) is 0 Å². The average molecular weight is 399 g/mol. The van der Waals surface area contributed by atoms with Crippen LogP contribution in [-0.4, -0.2) is 66.8 Å². The maximum absolute atomic E-state index is 12.8. The quantitative estimate of drug-likeness (QED) is 0.594. The highest BCUT2D eigenvalue weighted by Crippen LogP contribution is 2.31. The molecule has 3 N–H and O–H groups in total. The largest absolute Gasteiger partial charge is 0.387 e. The number of methoxy groups -OCH3 is 1. The predicted molar refractivity (Wildman–Crippen MR) is 103 cm³/mol. The molecule has 0 aromatic heterocycles. The first-order valence-electron chi connectivity index (χ1n) is 9.77. The van der Waals surface area contributed by atoms with Crippen molar-refractivity contribution in [2.75, 3.05) is 13.7 Å². The topological polar surface area (TPSA) is 106 Å². The van der Waals surface area contributed by atoms with Gasteiger partial charge in [-0.15, -0.1) is 0 Å². The van der Waals surface area contributed by atoms with Gasteiger partial charge in [0, 0.05) is 13.7 Å². The molecule has 8 nitrogen and oxygen atoms in total. The van der Waals surface area contributed by atoms with Gasteiger partial charge in [0.25, 0.3) is 5.91 Å². The molecule has 0 spiro atoms. The summed E-state index contributed by atoms with van der Waals surface area (Å²) in [6.45, 7) is 10.2. The van der Waals surface area contributed by atoms with Crippen LogP contribution in [0.3, 0.4) is 0 Å². The van der Waals surface area contributed by atoms with Crippen LogP contribution in [0.1, 0.15) is 47.5 Å². The minimum absolute atomic E-state index is 0.0899. The monoisotopic (exact) mass is 398 g/mol. The molecular formula is C20H34N2O6. The van der Waals surface area contributed by atoms with E-state index in [1.165, 1.54) is 7.11 Å². The molecule has 28 heavy (non-hydrogen) atoms. The van der Waals surface area contributed by atoms with E-state index in [1.807, 2.05) is 26.8 Å². The summed E-state index contributed by atoms with van der Waals surface area (Å²) >= 11 is 0. The van der Waals surface area contributed by atoms with E-state index in [4.69, 9.17) is 14.2 Å². The van der Waals surface area contributed by atoms with Crippen molar-refractivity contribution in [2.24, 2.45) is 5.41 Å². The van der Waals surface area contributed by atoms with E-state index in [2.05, 4.69) is 10.6 Å². The van der Waals surface area contributed by atoms with Crippen molar-refractivity contribution in [1.82, 2.24) is 10.6 Å². The summed E-state index contributed by atoms with van der Waals surface area (Å²) in [7, 11) is 1.38. The Kier molecular flexibility index (Phi) is 7.25. The van der Waals surface area contributed by atoms with Gasteiger partial charge in [0.05, 0.1) is 0 Å². The van der Waals surface area contributed by atoms with Crippen LogP contribution in [0.15, 0.2) is 12.2 Å². The molecule has 0 bridgehead atoms. The van der Waals surface area contributed by atoms with Gasteiger partial charge in [-0.05, 0) is 32.1 Å². The van der Waals surface area contributed by atoms with Crippen LogP contribution in [-0.2, 0) is 23.8 Å². The first-order chi connectivity index (χ1) is 12.9. The summed E-state index contributed by atoms with van der Waals surface area (Å²) in [5, 5.41) is 16.3. The highest BCUT2D eigenvalue weighted by Gasteiger charge is 2.47. The van der Waals surface area contributed by atoms with E-state index in [-0.39, 0.29) is 11.3 Å². The summed E-state index contributed by atoms with van der Waals surface area (Å²) in [4.78, 5) is 24.7. The van der Waals surface area contributed by atoms with Gasteiger partial charge in [-0.3, -0.25) is 9.59 Å². The molecule has 2 fully saturated rings. The average Bonchev–Trinajstić information content (AvgIpc) is 2.58. The Bertz CT molecular complexity index is 598. The lowest BCUT2D eigenvalue weighted by Gasteiger charge is -2.45. The van der Waals surface area contributed by atoms with E-state index >= 15 is 0 Å². The third-order valence-corrected chi connectivity index (χ3v) is 4.71. The maximum Gasteiger partial charge on any atom is 0.252 e. The third-order valence-electron chi connectivity index (χ3n) is 4.71. The number of hydrogen-bond donors (Lipinski definition) is 3. The lowest BCUT2D eigenvalue weighted by atomic mass is 9.93. The number of amides is 2. The second-order valence-electron chi connectivity index (χ2n) is 8.93. The number of nitrogens with one attached hydrogen (secondary N) is 2. The van der Waals surface area contributed by atoms with E-state index in [1.54, 1.807) is 19.9 Å². The number of rotatable bonds is 5.